The van der Waals surface area contributed by atoms with Gasteiger partial charge in [0.25, 0.3) is 5.91 Å². The lowest BCUT2D eigenvalue weighted by atomic mass is 10.0. The Hall–Kier alpha value is -1.84. The van der Waals surface area contributed by atoms with E-state index in [2.05, 4.69) is 0 Å². The summed E-state index contributed by atoms with van der Waals surface area (Å²) < 4.78 is 0. The van der Waals surface area contributed by atoms with E-state index >= 15 is 0 Å². The highest BCUT2D eigenvalue weighted by molar-refractivity contribution is 6.33. The highest BCUT2D eigenvalue weighted by atomic mass is 35.5. The van der Waals surface area contributed by atoms with Crippen LogP contribution in [0.5, 0.6) is 0 Å². The van der Waals surface area contributed by atoms with Crippen LogP contribution in [-0.2, 0) is 4.79 Å². The molecular weight excluding hydrogens is 250 g/mol. The first-order valence-electron chi connectivity index (χ1n) is 5.42. The van der Waals surface area contributed by atoms with E-state index in [0.717, 1.165) is 11.1 Å². The molecule has 0 fully saturated rings. The normalized spacial score (nSPS) is 12.1. The fraction of sp³-hybridized carbons (Fsp3) is 0.0714. The minimum absolute atomic E-state index is 0.436. The van der Waals surface area contributed by atoms with Crippen molar-refractivity contribution in [1.29, 1.82) is 0 Å². The Morgan fingerprint density at radius 1 is 1.17 bits per heavy atom. The monoisotopic (exact) mass is 261 g/mol. The summed E-state index contributed by atoms with van der Waals surface area (Å²) in [6.45, 7) is 0. The SMILES string of the molecule is NC(=O)C(O)c1ccc(Cl)c(-c2ccccc2)c1. The maximum absolute atomic E-state index is 11.0. The molecule has 0 radical (unpaired) electrons. The number of carbonyl (C=O) groups is 1. The Kier molecular flexibility index (Phi) is 3.65. The molecule has 1 atom stereocenters. The molecule has 1 amide bonds. The zero-order valence-electron chi connectivity index (χ0n) is 9.51. The smallest absolute Gasteiger partial charge is 0.250 e. The van der Waals surface area contributed by atoms with Gasteiger partial charge in [-0.2, -0.15) is 0 Å². The largest absolute Gasteiger partial charge is 0.378 e. The molecule has 3 N–H and O–H groups in total. The van der Waals surface area contributed by atoms with Crippen molar-refractivity contribution in [3.63, 3.8) is 0 Å². The van der Waals surface area contributed by atoms with Crippen LogP contribution >= 0.6 is 11.6 Å². The second kappa shape index (κ2) is 5.21. The maximum atomic E-state index is 11.0. The van der Waals surface area contributed by atoms with Gasteiger partial charge in [0.15, 0.2) is 6.10 Å². The van der Waals surface area contributed by atoms with Crippen molar-refractivity contribution in [3.8, 4) is 11.1 Å². The summed E-state index contributed by atoms with van der Waals surface area (Å²) >= 11 is 6.12. The first-order valence-corrected chi connectivity index (χ1v) is 5.79. The predicted molar refractivity (Wildman–Crippen MR) is 71.0 cm³/mol. The van der Waals surface area contributed by atoms with Crippen molar-refractivity contribution >= 4 is 17.5 Å². The zero-order chi connectivity index (χ0) is 13.1. The molecule has 0 aliphatic rings. The van der Waals surface area contributed by atoms with Gasteiger partial charge in [0, 0.05) is 10.6 Å². The summed E-state index contributed by atoms with van der Waals surface area (Å²) in [5, 5.41) is 10.2. The summed E-state index contributed by atoms with van der Waals surface area (Å²) in [7, 11) is 0. The van der Waals surface area contributed by atoms with Gasteiger partial charge in [0.2, 0.25) is 0 Å². The third kappa shape index (κ3) is 2.53. The second-order valence-corrected chi connectivity index (χ2v) is 4.32. The van der Waals surface area contributed by atoms with E-state index in [4.69, 9.17) is 17.3 Å². The Morgan fingerprint density at radius 2 is 1.83 bits per heavy atom. The van der Waals surface area contributed by atoms with Gasteiger partial charge in [0.05, 0.1) is 0 Å². The summed E-state index contributed by atoms with van der Waals surface area (Å²) in [6, 6.07) is 14.4. The molecule has 0 aliphatic carbocycles. The highest BCUT2D eigenvalue weighted by Gasteiger charge is 2.15. The minimum atomic E-state index is -1.32. The van der Waals surface area contributed by atoms with Gasteiger partial charge < -0.3 is 10.8 Å². The highest BCUT2D eigenvalue weighted by Crippen LogP contribution is 2.30. The standard InChI is InChI=1S/C14H12ClNO2/c15-12-7-6-10(13(17)14(16)18)8-11(12)9-4-2-1-3-5-9/h1-8,13,17H,(H2,16,18). The van der Waals surface area contributed by atoms with Gasteiger partial charge in [-0.05, 0) is 23.3 Å². The van der Waals surface area contributed by atoms with Crippen LogP contribution in [0.2, 0.25) is 5.02 Å². The number of hydrogen-bond acceptors (Lipinski definition) is 2. The number of aliphatic hydroxyl groups is 1. The molecule has 0 aliphatic heterocycles. The van der Waals surface area contributed by atoms with Gasteiger partial charge in [-0.3, -0.25) is 4.79 Å². The fourth-order valence-electron chi connectivity index (χ4n) is 1.72. The van der Waals surface area contributed by atoms with Gasteiger partial charge in [0.1, 0.15) is 0 Å². The van der Waals surface area contributed by atoms with Crippen molar-refractivity contribution < 1.29 is 9.90 Å². The molecule has 0 heterocycles. The topological polar surface area (TPSA) is 63.3 Å². The van der Waals surface area contributed by atoms with Gasteiger partial charge in [-0.15, -0.1) is 0 Å². The molecule has 0 saturated carbocycles. The van der Waals surface area contributed by atoms with E-state index in [1.165, 1.54) is 0 Å². The number of rotatable bonds is 3. The molecule has 92 valence electrons. The van der Waals surface area contributed by atoms with E-state index in [1.807, 2.05) is 30.3 Å². The summed E-state index contributed by atoms with van der Waals surface area (Å²) in [5.41, 5.74) is 7.19. The van der Waals surface area contributed by atoms with E-state index in [9.17, 15) is 9.90 Å². The summed E-state index contributed by atoms with van der Waals surface area (Å²) in [4.78, 5) is 11.0. The van der Waals surface area contributed by atoms with Crippen LogP contribution in [0.1, 0.15) is 11.7 Å². The first kappa shape index (κ1) is 12.6. The molecular formula is C14H12ClNO2. The lowest BCUT2D eigenvalue weighted by Gasteiger charge is -2.10. The Balaban J connectivity index is 2.49. The number of amides is 1. The maximum Gasteiger partial charge on any atom is 0.250 e. The number of halogens is 1. The molecule has 1 unspecified atom stereocenters. The van der Waals surface area contributed by atoms with Crippen molar-refractivity contribution in [2.45, 2.75) is 6.10 Å². The number of nitrogens with two attached hydrogens (primary N) is 1. The van der Waals surface area contributed by atoms with Gasteiger partial charge >= 0.3 is 0 Å². The van der Waals surface area contributed by atoms with E-state index < -0.39 is 12.0 Å². The lowest BCUT2D eigenvalue weighted by Crippen LogP contribution is -2.20. The predicted octanol–water partition coefficient (Wildman–Crippen LogP) is 2.53. The third-order valence-corrected chi connectivity index (χ3v) is 2.99. The van der Waals surface area contributed by atoms with Crippen LogP contribution < -0.4 is 5.73 Å². The number of primary amides is 1. The van der Waals surface area contributed by atoms with Crippen molar-refractivity contribution in [2.24, 2.45) is 5.73 Å². The molecule has 3 nitrogen and oxygen atoms in total. The molecule has 2 aromatic rings. The lowest BCUT2D eigenvalue weighted by molar-refractivity contribution is -0.126. The number of carbonyl (C=O) groups excluding carboxylic acids is 1. The Bertz CT molecular complexity index is 569. The molecule has 18 heavy (non-hydrogen) atoms. The van der Waals surface area contributed by atoms with Crippen molar-refractivity contribution in [3.05, 3.63) is 59.1 Å². The van der Waals surface area contributed by atoms with Crippen LogP contribution in [0, 0.1) is 0 Å². The van der Waals surface area contributed by atoms with Gasteiger partial charge in [-0.25, -0.2) is 0 Å². The van der Waals surface area contributed by atoms with Crippen LogP contribution in [0.3, 0.4) is 0 Å². The number of hydrogen-bond donors (Lipinski definition) is 2. The molecule has 2 aromatic carbocycles. The van der Waals surface area contributed by atoms with E-state index in [-0.39, 0.29) is 0 Å². The van der Waals surface area contributed by atoms with Crippen LogP contribution in [0.4, 0.5) is 0 Å². The summed E-state index contributed by atoms with van der Waals surface area (Å²) in [5.74, 6) is -0.781. The molecule has 0 spiro atoms. The average Bonchev–Trinajstić information content (AvgIpc) is 2.39. The molecule has 0 saturated heterocycles. The van der Waals surface area contributed by atoms with Crippen LogP contribution in [-0.4, -0.2) is 11.0 Å². The van der Waals surface area contributed by atoms with Gasteiger partial charge in [-0.1, -0.05) is 48.0 Å². The fourth-order valence-corrected chi connectivity index (χ4v) is 1.94. The minimum Gasteiger partial charge on any atom is -0.378 e. The van der Waals surface area contributed by atoms with E-state index in [0.29, 0.717) is 10.6 Å². The molecule has 0 bridgehead atoms. The summed E-state index contributed by atoms with van der Waals surface area (Å²) in [6.07, 6.45) is -1.32. The number of aliphatic hydroxyl groups excluding tert-OH is 1. The first-order chi connectivity index (χ1) is 8.59. The molecule has 2 rings (SSSR count). The van der Waals surface area contributed by atoms with Crippen molar-refractivity contribution in [2.75, 3.05) is 0 Å². The Morgan fingerprint density at radius 3 is 2.44 bits per heavy atom. The second-order valence-electron chi connectivity index (χ2n) is 3.91. The Labute approximate surface area is 110 Å². The van der Waals surface area contributed by atoms with Crippen LogP contribution in [0.15, 0.2) is 48.5 Å². The van der Waals surface area contributed by atoms with Crippen molar-refractivity contribution in [1.82, 2.24) is 0 Å². The molecule has 4 heteroatoms. The average molecular weight is 262 g/mol. The molecule has 0 aromatic heterocycles. The number of benzene rings is 2. The third-order valence-electron chi connectivity index (χ3n) is 2.66. The van der Waals surface area contributed by atoms with E-state index in [1.54, 1.807) is 18.2 Å². The zero-order valence-corrected chi connectivity index (χ0v) is 10.3. The quantitative estimate of drug-likeness (QED) is 0.892. The van der Waals surface area contributed by atoms with Crippen LogP contribution in [0.25, 0.3) is 11.1 Å².